The van der Waals surface area contributed by atoms with Crippen LogP contribution in [0, 0.1) is 0 Å². The molecule has 0 bridgehead atoms. The van der Waals surface area contributed by atoms with Crippen molar-refractivity contribution >= 4 is 34.7 Å². The number of thiophene rings is 1. The van der Waals surface area contributed by atoms with E-state index in [2.05, 4.69) is 31.6 Å². The van der Waals surface area contributed by atoms with Crippen LogP contribution in [0.25, 0.3) is 16.5 Å². The monoisotopic (exact) mass is 445 g/mol. The second-order valence-electron chi connectivity index (χ2n) is 6.70. The second-order valence-corrected chi connectivity index (χ2v) is 9.03. The number of aromatic nitrogens is 4. The number of rotatable bonds is 7. The minimum atomic E-state index is 0.102. The molecule has 9 heteroatoms. The Morgan fingerprint density at radius 1 is 1.21 bits per heavy atom. The van der Waals surface area contributed by atoms with Crippen LogP contribution in [0.5, 0.6) is 0 Å². The van der Waals surface area contributed by atoms with Gasteiger partial charge in [0.2, 0.25) is 5.89 Å². The van der Waals surface area contributed by atoms with Crippen molar-refractivity contribution in [1.29, 1.82) is 0 Å². The van der Waals surface area contributed by atoms with Gasteiger partial charge in [-0.3, -0.25) is 9.47 Å². The van der Waals surface area contributed by atoms with Gasteiger partial charge in [-0.15, -0.1) is 21.5 Å². The van der Waals surface area contributed by atoms with Crippen LogP contribution in [0.1, 0.15) is 24.5 Å². The van der Waals surface area contributed by atoms with Crippen molar-refractivity contribution in [2.24, 2.45) is 0 Å². The Labute approximate surface area is 182 Å². The molecule has 29 heavy (non-hydrogen) atoms. The van der Waals surface area contributed by atoms with Crippen molar-refractivity contribution in [3.05, 3.63) is 64.6 Å². The molecule has 0 fully saturated rings. The summed E-state index contributed by atoms with van der Waals surface area (Å²) in [7, 11) is 4.06. The van der Waals surface area contributed by atoms with Crippen LogP contribution in [-0.2, 0) is 5.75 Å². The molecule has 0 N–H and O–H groups in total. The van der Waals surface area contributed by atoms with Crippen molar-refractivity contribution in [1.82, 2.24) is 24.6 Å². The zero-order valence-corrected chi connectivity index (χ0v) is 18.6. The van der Waals surface area contributed by atoms with Gasteiger partial charge in [0, 0.05) is 16.5 Å². The molecular formula is C20H20ClN5OS2. The Balaban J connectivity index is 1.61. The normalized spacial score (nSPS) is 12.6. The van der Waals surface area contributed by atoms with Gasteiger partial charge in [0.05, 0.1) is 16.6 Å². The summed E-state index contributed by atoms with van der Waals surface area (Å²) in [5.74, 6) is 2.16. The molecule has 0 radical (unpaired) electrons. The van der Waals surface area contributed by atoms with Crippen molar-refractivity contribution < 1.29 is 4.42 Å². The fourth-order valence-corrected chi connectivity index (χ4v) is 4.35. The molecule has 1 unspecified atom stereocenters. The predicted octanol–water partition coefficient (Wildman–Crippen LogP) is 5.55. The average molecular weight is 446 g/mol. The molecule has 6 nitrogen and oxygen atoms in total. The van der Waals surface area contributed by atoms with Gasteiger partial charge in [-0.05, 0) is 56.7 Å². The summed E-state index contributed by atoms with van der Waals surface area (Å²) in [6.07, 6.45) is 1.70. The standard InChI is InChI=1S/C20H20ClN5OS2/c1-13(25(2)3)18-23-24-20(26(18)16-8-6-14(21)7-9-16)29-12-15-11-27-19(22-15)17-5-4-10-28-17/h4-11,13H,12H2,1-3H3. The molecule has 4 rings (SSSR count). The first-order valence-electron chi connectivity index (χ1n) is 9.01. The quantitative estimate of drug-likeness (QED) is 0.347. The smallest absolute Gasteiger partial charge is 0.236 e. The highest BCUT2D eigenvalue weighted by Gasteiger charge is 2.21. The lowest BCUT2D eigenvalue weighted by Crippen LogP contribution is -2.20. The molecule has 0 amide bonds. The molecule has 3 aromatic heterocycles. The Morgan fingerprint density at radius 2 is 2.00 bits per heavy atom. The Bertz CT molecular complexity index is 1070. The minimum Gasteiger partial charge on any atom is -0.444 e. The van der Waals surface area contributed by atoms with Crippen LogP contribution < -0.4 is 0 Å². The number of oxazole rings is 1. The molecule has 4 aromatic rings. The first-order chi connectivity index (χ1) is 14.0. The van der Waals surface area contributed by atoms with E-state index in [0.29, 0.717) is 16.7 Å². The van der Waals surface area contributed by atoms with Gasteiger partial charge in [-0.2, -0.15) is 0 Å². The van der Waals surface area contributed by atoms with Crippen molar-refractivity contribution in [2.75, 3.05) is 14.1 Å². The minimum absolute atomic E-state index is 0.102. The highest BCUT2D eigenvalue weighted by molar-refractivity contribution is 7.98. The summed E-state index contributed by atoms with van der Waals surface area (Å²) in [6.45, 7) is 2.11. The van der Waals surface area contributed by atoms with E-state index in [0.717, 1.165) is 27.2 Å². The number of hydrogen-bond acceptors (Lipinski definition) is 7. The van der Waals surface area contributed by atoms with Gasteiger partial charge in [-0.1, -0.05) is 29.4 Å². The van der Waals surface area contributed by atoms with Gasteiger partial charge in [0.25, 0.3) is 0 Å². The zero-order valence-electron chi connectivity index (χ0n) is 16.2. The van der Waals surface area contributed by atoms with E-state index in [9.17, 15) is 0 Å². The predicted molar refractivity (Wildman–Crippen MR) is 118 cm³/mol. The highest BCUT2D eigenvalue weighted by atomic mass is 35.5. The molecule has 3 heterocycles. The first kappa shape index (κ1) is 20.2. The van der Waals surface area contributed by atoms with E-state index >= 15 is 0 Å². The van der Waals surface area contributed by atoms with Crippen molar-refractivity contribution in [3.63, 3.8) is 0 Å². The molecule has 0 spiro atoms. The van der Waals surface area contributed by atoms with Gasteiger partial charge < -0.3 is 4.42 Å². The molecule has 0 aliphatic carbocycles. The van der Waals surface area contributed by atoms with Gasteiger partial charge >= 0.3 is 0 Å². The fourth-order valence-electron chi connectivity index (χ4n) is 2.73. The average Bonchev–Trinajstić information content (AvgIpc) is 3.46. The second kappa shape index (κ2) is 8.71. The Hall–Kier alpha value is -2.13. The molecule has 0 saturated carbocycles. The molecule has 0 aliphatic rings. The van der Waals surface area contributed by atoms with E-state index in [4.69, 9.17) is 16.0 Å². The van der Waals surface area contributed by atoms with Crippen molar-refractivity contribution in [2.45, 2.75) is 23.9 Å². The maximum absolute atomic E-state index is 6.08. The van der Waals surface area contributed by atoms with E-state index in [-0.39, 0.29) is 6.04 Å². The van der Waals surface area contributed by atoms with Crippen LogP contribution >= 0.6 is 34.7 Å². The lowest BCUT2D eigenvalue weighted by atomic mass is 10.2. The van der Waals surface area contributed by atoms with E-state index < -0.39 is 0 Å². The third-order valence-corrected chi connectivity index (χ3v) is 6.60. The number of hydrogen-bond donors (Lipinski definition) is 0. The fraction of sp³-hybridized carbons (Fsp3) is 0.250. The SMILES string of the molecule is CC(c1nnc(SCc2coc(-c3cccs3)n2)n1-c1ccc(Cl)cc1)N(C)C. The van der Waals surface area contributed by atoms with Crippen LogP contribution in [0.2, 0.25) is 5.02 Å². The molecule has 0 saturated heterocycles. The van der Waals surface area contributed by atoms with Gasteiger partial charge in [0.15, 0.2) is 11.0 Å². The largest absolute Gasteiger partial charge is 0.444 e. The van der Waals surface area contributed by atoms with Crippen LogP contribution in [0.3, 0.4) is 0 Å². The molecule has 0 aliphatic heterocycles. The summed E-state index contributed by atoms with van der Waals surface area (Å²) >= 11 is 9.27. The summed E-state index contributed by atoms with van der Waals surface area (Å²) < 4.78 is 7.70. The zero-order chi connectivity index (χ0) is 20.4. The van der Waals surface area contributed by atoms with Crippen LogP contribution in [-0.4, -0.2) is 38.7 Å². The Kier molecular flexibility index (Phi) is 6.05. The van der Waals surface area contributed by atoms with Crippen molar-refractivity contribution in [3.8, 4) is 16.5 Å². The van der Waals surface area contributed by atoms with Gasteiger partial charge in [-0.25, -0.2) is 4.98 Å². The number of halogens is 1. The van der Waals surface area contributed by atoms with E-state index in [1.165, 1.54) is 0 Å². The molecule has 1 atom stereocenters. The number of benzene rings is 1. The van der Waals surface area contributed by atoms with E-state index in [1.807, 2.05) is 55.9 Å². The number of nitrogens with zero attached hydrogens (tertiary/aromatic N) is 5. The van der Waals surface area contributed by atoms with E-state index in [1.54, 1.807) is 29.4 Å². The Morgan fingerprint density at radius 3 is 2.69 bits per heavy atom. The lowest BCUT2D eigenvalue weighted by molar-refractivity contribution is 0.305. The number of thioether (sulfide) groups is 1. The van der Waals surface area contributed by atoms with Crippen LogP contribution in [0.15, 0.2) is 57.6 Å². The van der Waals surface area contributed by atoms with Gasteiger partial charge in [0.1, 0.15) is 6.26 Å². The summed E-state index contributed by atoms with van der Waals surface area (Å²) in [6, 6.07) is 11.8. The van der Waals surface area contributed by atoms with Crippen LogP contribution in [0.4, 0.5) is 0 Å². The molecule has 150 valence electrons. The maximum Gasteiger partial charge on any atom is 0.236 e. The topological polar surface area (TPSA) is 60.0 Å². The summed E-state index contributed by atoms with van der Waals surface area (Å²) in [4.78, 5) is 7.72. The third-order valence-electron chi connectivity index (χ3n) is 4.52. The summed E-state index contributed by atoms with van der Waals surface area (Å²) in [5, 5.41) is 12.4. The lowest BCUT2D eigenvalue weighted by Gasteiger charge is -2.20. The highest BCUT2D eigenvalue weighted by Crippen LogP contribution is 2.30. The molecule has 1 aromatic carbocycles. The first-order valence-corrected chi connectivity index (χ1v) is 11.3. The summed E-state index contributed by atoms with van der Waals surface area (Å²) in [5.41, 5.74) is 1.84. The third kappa shape index (κ3) is 4.40. The molecular weight excluding hydrogens is 426 g/mol. The maximum atomic E-state index is 6.08.